The van der Waals surface area contributed by atoms with Crippen molar-refractivity contribution < 1.29 is 0 Å². The standard InChI is InChI=1S/C15H22N6/c16-12-2-4-13(5-3-12)19-15-9-11(8-14(17)20-15)10-21-7-1-6-18-21/h1,6-9,12-13H,2-5,10,16H2,(H3,17,19,20). The Morgan fingerprint density at radius 2 is 2.05 bits per heavy atom. The van der Waals surface area contributed by atoms with E-state index >= 15 is 0 Å². The highest BCUT2D eigenvalue weighted by atomic mass is 15.3. The van der Waals surface area contributed by atoms with Crippen LogP contribution in [0.2, 0.25) is 0 Å². The molecule has 6 heteroatoms. The molecule has 112 valence electrons. The minimum atomic E-state index is 0.354. The molecule has 3 rings (SSSR count). The summed E-state index contributed by atoms with van der Waals surface area (Å²) in [7, 11) is 0. The summed E-state index contributed by atoms with van der Waals surface area (Å²) in [6.45, 7) is 0.698. The molecule has 6 nitrogen and oxygen atoms in total. The van der Waals surface area contributed by atoms with Crippen molar-refractivity contribution in [3.63, 3.8) is 0 Å². The number of nitrogens with one attached hydrogen (secondary N) is 1. The van der Waals surface area contributed by atoms with Gasteiger partial charge in [0.05, 0.1) is 6.54 Å². The second-order valence-electron chi connectivity index (χ2n) is 5.75. The predicted octanol–water partition coefficient (Wildman–Crippen LogP) is 1.59. The molecule has 5 N–H and O–H groups in total. The second kappa shape index (κ2) is 6.13. The molecule has 0 saturated heterocycles. The van der Waals surface area contributed by atoms with Crippen LogP contribution in [0.5, 0.6) is 0 Å². The molecule has 2 aromatic heterocycles. The number of aromatic nitrogens is 3. The molecule has 1 saturated carbocycles. The highest BCUT2D eigenvalue weighted by molar-refractivity contribution is 5.47. The summed E-state index contributed by atoms with van der Waals surface area (Å²) in [4.78, 5) is 4.38. The highest BCUT2D eigenvalue weighted by Crippen LogP contribution is 2.21. The van der Waals surface area contributed by atoms with Crippen molar-refractivity contribution in [1.82, 2.24) is 14.8 Å². The van der Waals surface area contributed by atoms with Gasteiger partial charge in [-0.2, -0.15) is 5.10 Å². The summed E-state index contributed by atoms with van der Waals surface area (Å²) >= 11 is 0. The van der Waals surface area contributed by atoms with E-state index in [1.807, 2.05) is 29.1 Å². The van der Waals surface area contributed by atoms with Crippen LogP contribution in [0.15, 0.2) is 30.6 Å². The summed E-state index contributed by atoms with van der Waals surface area (Å²) in [6.07, 6.45) is 8.03. The lowest BCUT2D eigenvalue weighted by atomic mass is 9.92. The monoisotopic (exact) mass is 286 g/mol. The van der Waals surface area contributed by atoms with Gasteiger partial charge in [0, 0.05) is 24.5 Å². The Labute approximate surface area is 124 Å². The zero-order chi connectivity index (χ0) is 14.7. The summed E-state index contributed by atoms with van der Waals surface area (Å²) in [6, 6.07) is 6.65. The zero-order valence-corrected chi connectivity index (χ0v) is 12.1. The molecule has 2 heterocycles. The van der Waals surface area contributed by atoms with E-state index in [1.165, 1.54) is 0 Å². The smallest absolute Gasteiger partial charge is 0.128 e. The van der Waals surface area contributed by atoms with Gasteiger partial charge in [-0.15, -0.1) is 0 Å². The second-order valence-corrected chi connectivity index (χ2v) is 5.75. The van der Waals surface area contributed by atoms with E-state index in [1.54, 1.807) is 6.20 Å². The lowest BCUT2D eigenvalue weighted by molar-refractivity contribution is 0.410. The molecule has 0 radical (unpaired) electrons. The normalized spacial score (nSPS) is 22.1. The Morgan fingerprint density at radius 3 is 2.76 bits per heavy atom. The average molecular weight is 286 g/mol. The van der Waals surface area contributed by atoms with Crippen molar-refractivity contribution in [3.8, 4) is 0 Å². The van der Waals surface area contributed by atoms with Gasteiger partial charge in [-0.1, -0.05) is 0 Å². The third kappa shape index (κ3) is 3.72. The van der Waals surface area contributed by atoms with Crippen molar-refractivity contribution in [2.24, 2.45) is 5.73 Å². The van der Waals surface area contributed by atoms with E-state index < -0.39 is 0 Å². The molecule has 0 amide bonds. The van der Waals surface area contributed by atoms with Gasteiger partial charge < -0.3 is 16.8 Å². The summed E-state index contributed by atoms with van der Waals surface area (Å²) in [5.74, 6) is 1.38. The molecule has 1 fully saturated rings. The van der Waals surface area contributed by atoms with Crippen molar-refractivity contribution in [2.45, 2.75) is 44.3 Å². The Kier molecular flexibility index (Phi) is 4.06. The Balaban J connectivity index is 1.69. The fourth-order valence-corrected chi connectivity index (χ4v) is 2.83. The van der Waals surface area contributed by atoms with Crippen molar-refractivity contribution in [3.05, 3.63) is 36.2 Å². The molecule has 0 aromatic carbocycles. The fraction of sp³-hybridized carbons (Fsp3) is 0.467. The van der Waals surface area contributed by atoms with Gasteiger partial charge in [0.25, 0.3) is 0 Å². The molecular weight excluding hydrogens is 264 g/mol. The average Bonchev–Trinajstić information content (AvgIpc) is 2.93. The van der Waals surface area contributed by atoms with Crippen LogP contribution in [0.3, 0.4) is 0 Å². The Hall–Kier alpha value is -2.08. The lowest BCUT2D eigenvalue weighted by Crippen LogP contribution is -2.33. The molecule has 0 atom stereocenters. The lowest BCUT2D eigenvalue weighted by Gasteiger charge is -2.27. The first-order valence-electron chi connectivity index (χ1n) is 7.45. The largest absolute Gasteiger partial charge is 0.384 e. The number of hydrogen-bond acceptors (Lipinski definition) is 5. The number of nitrogen functional groups attached to an aromatic ring is 1. The Morgan fingerprint density at radius 1 is 1.24 bits per heavy atom. The Bertz CT molecular complexity index is 572. The minimum absolute atomic E-state index is 0.354. The van der Waals surface area contributed by atoms with Gasteiger partial charge in [0.1, 0.15) is 11.6 Å². The van der Waals surface area contributed by atoms with E-state index in [4.69, 9.17) is 11.5 Å². The van der Waals surface area contributed by atoms with Gasteiger partial charge in [0.2, 0.25) is 0 Å². The first-order valence-corrected chi connectivity index (χ1v) is 7.45. The van der Waals surface area contributed by atoms with Crippen LogP contribution in [0.1, 0.15) is 31.2 Å². The van der Waals surface area contributed by atoms with Gasteiger partial charge in [-0.3, -0.25) is 4.68 Å². The van der Waals surface area contributed by atoms with Crippen molar-refractivity contribution in [2.75, 3.05) is 11.1 Å². The van der Waals surface area contributed by atoms with Crippen LogP contribution in [0.25, 0.3) is 0 Å². The molecule has 0 aliphatic heterocycles. The first kappa shape index (κ1) is 13.9. The molecule has 2 aromatic rings. The summed E-state index contributed by atoms with van der Waals surface area (Å²) < 4.78 is 1.87. The minimum Gasteiger partial charge on any atom is -0.384 e. The number of nitrogens with zero attached hydrogens (tertiary/aromatic N) is 3. The number of anilines is 2. The van der Waals surface area contributed by atoms with Gasteiger partial charge in [-0.25, -0.2) is 4.98 Å². The number of nitrogens with two attached hydrogens (primary N) is 2. The van der Waals surface area contributed by atoms with E-state index in [0.717, 1.165) is 37.1 Å². The SMILES string of the molecule is Nc1cc(Cn2cccn2)cc(NC2CCC(N)CC2)n1. The topological polar surface area (TPSA) is 94.8 Å². The van der Waals surface area contributed by atoms with Crippen LogP contribution >= 0.6 is 0 Å². The molecule has 21 heavy (non-hydrogen) atoms. The third-order valence-corrected chi connectivity index (χ3v) is 3.93. The maximum atomic E-state index is 5.94. The summed E-state index contributed by atoms with van der Waals surface area (Å²) in [5, 5.41) is 7.70. The number of rotatable bonds is 4. The molecular formula is C15H22N6. The van der Waals surface area contributed by atoms with Gasteiger partial charge >= 0.3 is 0 Å². The van der Waals surface area contributed by atoms with Gasteiger partial charge in [0.15, 0.2) is 0 Å². The van der Waals surface area contributed by atoms with Crippen LogP contribution in [0.4, 0.5) is 11.6 Å². The van der Waals surface area contributed by atoms with Crippen LogP contribution in [-0.2, 0) is 6.54 Å². The molecule has 0 bridgehead atoms. The summed E-state index contributed by atoms with van der Waals surface area (Å²) in [5.41, 5.74) is 13.0. The number of pyridine rings is 1. The van der Waals surface area contributed by atoms with Crippen LogP contribution < -0.4 is 16.8 Å². The maximum absolute atomic E-state index is 5.94. The quantitative estimate of drug-likeness (QED) is 0.793. The van der Waals surface area contributed by atoms with E-state index in [-0.39, 0.29) is 0 Å². The van der Waals surface area contributed by atoms with E-state index in [0.29, 0.717) is 24.4 Å². The van der Waals surface area contributed by atoms with Crippen LogP contribution in [0, 0.1) is 0 Å². The van der Waals surface area contributed by atoms with Crippen molar-refractivity contribution >= 4 is 11.6 Å². The third-order valence-electron chi connectivity index (χ3n) is 3.93. The first-order chi connectivity index (χ1) is 10.2. The fourth-order valence-electron chi connectivity index (χ4n) is 2.83. The van der Waals surface area contributed by atoms with E-state index in [2.05, 4.69) is 15.4 Å². The van der Waals surface area contributed by atoms with Crippen molar-refractivity contribution in [1.29, 1.82) is 0 Å². The predicted molar refractivity (Wildman–Crippen MR) is 83.8 cm³/mol. The molecule has 0 unspecified atom stereocenters. The zero-order valence-electron chi connectivity index (χ0n) is 12.1. The van der Waals surface area contributed by atoms with Crippen LogP contribution in [-0.4, -0.2) is 26.8 Å². The molecule has 1 aliphatic carbocycles. The molecule has 1 aliphatic rings. The van der Waals surface area contributed by atoms with Gasteiger partial charge in [-0.05, 0) is 49.4 Å². The maximum Gasteiger partial charge on any atom is 0.128 e. The molecule has 0 spiro atoms. The number of hydrogen-bond donors (Lipinski definition) is 3. The highest BCUT2D eigenvalue weighted by Gasteiger charge is 2.18. The van der Waals surface area contributed by atoms with E-state index in [9.17, 15) is 0 Å².